The summed E-state index contributed by atoms with van der Waals surface area (Å²) >= 11 is 6.01. The molecule has 3 heterocycles. The van der Waals surface area contributed by atoms with Gasteiger partial charge in [-0.05, 0) is 37.0 Å². The monoisotopic (exact) mass is 493 g/mol. The van der Waals surface area contributed by atoms with E-state index < -0.39 is 23.7 Å². The Morgan fingerprint density at radius 2 is 1.97 bits per heavy atom. The first-order valence-corrected chi connectivity index (χ1v) is 10.9. The molecule has 34 heavy (non-hydrogen) atoms. The Bertz CT molecular complexity index is 1300. The summed E-state index contributed by atoms with van der Waals surface area (Å²) in [6.07, 6.45) is -0.0398. The molecule has 1 spiro atoms. The number of ether oxygens (including phenoxy) is 1. The Morgan fingerprint density at radius 1 is 1.21 bits per heavy atom. The predicted molar refractivity (Wildman–Crippen MR) is 110 cm³/mol. The zero-order chi connectivity index (χ0) is 23.8. The van der Waals surface area contributed by atoms with Crippen LogP contribution in [0.1, 0.15) is 28.8 Å². The second kappa shape index (κ2) is 7.14. The van der Waals surface area contributed by atoms with E-state index in [1.165, 1.54) is 30.6 Å². The highest BCUT2D eigenvalue weighted by Gasteiger charge is 2.76. The second-order valence-electron chi connectivity index (χ2n) is 8.86. The number of piperidine rings is 1. The SMILES string of the molecule is O=C(c1cccc(F)c1-n1nccn1)N1CC2CC23CC(Oc2ncc(C(F)(F)F)cc2Cl)C13. The van der Waals surface area contributed by atoms with Gasteiger partial charge in [-0.25, -0.2) is 9.37 Å². The van der Waals surface area contributed by atoms with Crippen molar-refractivity contribution in [3.63, 3.8) is 0 Å². The number of hydrogen-bond acceptors (Lipinski definition) is 5. The molecule has 0 N–H and O–H groups in total. The maximum absolute atomic E-state index is 14.7. The number of carbonyl (C=O) groups is 1. The number of likely N-dealkylation sites (tertiary alicyclic amines) is 1. The number of alkyl halides is 3. The van der Waals surface area contributed by atoms with E-state index in [1.807, 2.05) is 0 Å². The van der Waals surface area contributed by atoms with Crippen LogP contribution in [-0.2, 0) is 6.18 Å². The van der Waals surface area contributed by atoms with Crippen molar-refractivity contribution in [3.05, 3.63) is 64.8 Å². The van der Waals surface area contributed by atoms with Crippen LogP contribution in [0.25, 0.3) is 5.69 Å². The third kappa shape index (κ3) is 3.09. The second-order valence-corrected chi connectivity index (χ2v) is 9.27. The van der Waals surface area contributed by atoms with Crippen LogP contribution in [0.4, 0.5) is 17.6 Å². The number of hydrogen-bond donors (Lipinski definition) is 0. The van der Waals surface area contributed by atoms with E-state index in [2.05, 4.69) is 15.2 Å². The average molecular weight is 494 g/mol. The van der Waals surface area contributed by atoms with E-state index in [1.54, 1.807) is 4.90 Å². The Labute approximate surface area is 195 Å². The van der Waals surface area contributed by atoms with Crippen molar-refractivity contribution in [2.75, 3.05) is 6.54 Å². The number of para-hydroxylation sites is 1. The quantitative estimate of drug-likeness (QED) is 0.510. The van der Waals surface area contributed by atoms with Crippen LogP contribution in [0.2, 0.25) is 5.02 Å². The molecule has 3 fully saturated rings. The number of aromatic nitrogens is 4. The van der Waals surface area contributed by atoms with Gasteiger partial charge in [0.1, 0.15) is 16.8 Å². The Morgan fingerprint density at radius 3 is 2.68 bits per heavy atom. The minimum absolute atomic E-state index is 0.0450. The van der Waals surface area contributed by atoms with Gasteiger partial charge in [-0.15, -0.1) is 4.80 Å². The summed E-state index contributed by atoms with van der Waals surface area (Å²) in [5.74, 6) is -0.832. The minimum atomic E-state index is -4.57. The van der Waals surface area contributed by atoms with E-state index in [0.29, 0.717) is 25.1 Å². The molecule has 176 valence electrons. The third-order valence-corrected chi connectivity index (χ3v) is 7.32. The fraction of sp³-hybridized carbons (Fsp3) is 0.364. The topological polar surface area (TPSA) is 73.1 Å². The lowest BCUT2D eigenvalue weighted by atomic mass is 9.73. The molecule has 1 aromatic carbocycles. The Hall–Kier alpha value is -3.21. The first kappa shape index (κ1) is 21.3. The molecule has 0 bridgehead atoms. The lowest BCUT2D eigenvalue weighted by Crippen LogP contribution is -2.59. The van der Waals surface area contributed by atoms with Gasteiger partial charge >= 0.3 is 6.18 Å². The van der Waals surface area contributed by atoms with Gasteiger partial charge in [0, 0.05) is 18.2 Å². The molecular weight excluding hydrogens is 478 g/mol. The average Bonchev–Trinajstić information content (AvgIpc) is 3.14. The molecule has 2 aliphatic carbocycles. The van der Waals surface area contributed by atoms with E-state index in [9.17, 15) is 22.4 Å². The summed E-state index contributed by atoms with van der Waals surface area (Å²) in [5, 5.41) is 7.67. The molecular formula is C22H16ClF4N5O2. The molecule has 7 nitrogen and oxygen atoms in total. The highest BCUT2D eigenvalue weighted by Crippen LogP contribution is 2.71. The van der Waals surface area contributed by atoms with Crippen LogP contribution in [0, 0.1) is 17.2 Å². The summed E-state index contributed by atoms with van der Waals surface area (Å²) in [6.45, 7) is 0.486. The number of benzene rings is 1. The summed E-state index contributed by atoms with van der Waals surface area (Å²) in [5.41, 5.74) is -0.989. The number of rotatable bonds is 4. The number of nitrogens with zero attached hydrogens (tertiary/aromatic N) is 5. The highest BCUT2D eigenvalue weighted by molar-refractivity contribution is 6.31. The van der Waals surface area contributed by atoms with Crippen LogP contribution in [0.15, 0.2) is 42.9 Å². The molecule has 3 aliphatic rings. The van der Waals surface area contributed by atoms with Crippen molar-refractivity contribution >= 4 is 17.5 Å². The molecule has 1 saturated heterocycles. The molecule has 4 atom stereocenters. The van der Waals surface area contributed by atoms with Gasteiger partial charge in [0.2, 0.25) is 5.88 Å². The van der Waals surface area contributed by atoms with Crippen molar-refractivity contribution in [3.8, 4) is 11.6 Å². The van der Waals surface area contributed by atoms with Crippen LogP contribution < -0.4 is 4.74 Å². The number of carbonyl (C=O) groups excluding carboxylic acids is 1. The lowest BCUT2D eigenvalue weighted by Gasteiger charge is -2.47. The van der Waals surface area contributed by atoms with E-state index in [0.717, 1.165) is 17.3 Å². The van der Waals surface area contributed by atoms with Gasteiger partial charge < -0.3 is 9.64 Å². The zero-order valence-electron chi connectivity index (χ0n) is 17.3. The fourth-order valence-corrected chi connectivity index (χ4v) is 5.65. The standard InChI is InChI=1S/C22H16ClF4N5O2/c23-14-6-11(22(25,26)27)9-28-19(14)34-16-8-21-7-12(21)10-31(18(16)21)20(33)13-2-1-3-15(24)17(13)32-29-4-5-30-32/h1-6,9,12,16,18H,7-8,10H2. The zero-order valence-corrected chi connectivity index (χ0v) is 18.1. The molecule has 4 unspecified atom stereocenters. The van der Waals surface area contributed by atoms with E-state index >= 15 is 0 Å². The van der Waals surface area contributed by atoms with Gasteiger partial charge in [0.05, 0.1) is 29.6 Å². The van der Waals surface area contributed by atoms with Crippen molar-refractivity contribution in [1.82, 2.24) is 24.9 Å². The van der Waals surface area contributed by atoms with Gasteiger partial charge in [-0.1, -0.05) is 17.7 Å². The van der Waals surface area contributed by atoms with Crippen LogP contribution in [0.5, 0.6) is 5.88 Å². The highest BCUT2D eigenvalue weighted by atomic mass is 35.5. The summed E-state index contributed by atoms with van der Waals surface area (Å²) < 4.78 is 59.3. The first-order chi connectivity index (χ1) is 16.2. The van der Waals surface area contributed by atoms with Crippen molar-refractivity contribution in [1.29, 1.82) is 0 Å². The summed E-state index contributed by atoms with van der Waals surface area (Å²) in [7, 11) is 0. The third-order valence-electron chi connectivity index (χ3n) is 7.05. The summed E-state index contributed by atoms with van der Waals surface area (Å²) in [6, 6.07) is 4.65. The van der Waals surface area contributed by atoms with E-state index in [4.69, 9.17) is 16.3 Å². The van der Waals surface area contributed by atoms with Gasteiger partial charge in [0.15, 0.2) is 5.82 Å². The van der Waals surface area contributed by atoms with Crippen LogP contribution in [0.3, 0.4) is 0 Å². The van der Waals surface area contributed by atoms with E-state index in [-0.39, 0.29) is 39.5 Å². The molecule has 3 aromatic rings. The predicted octanol–water partition coefficient (Wildman–Crippen LogP) is 4.16. The van der Waals surface area contributed by atoms with Crippen molar-refractivity contribution in [2.45, 2.75) is 31.2 Å². The van der Waals surface area contributed by atoms with Gasteiger partial charge in [-0.3, -0.25) is 4.79 Å². The molecule has 1 amide bonds. The summed E-state index contributed by atoms with van der Waals surface area (Å²) in [4.78, 5) is 20.0. The normalized spacial score (nSPS) is 27.1. The van der Waals surface area contributed by atoms with Crippen molar-refractivity contribution in [2.24, 2.45) is 11.3 Å². The maximum Gasteiger partial charge on any atom is 0.417 e. The fourth-order valence-electron chi connectivity index (χ4n) is 5.44. The largest absolute Gasteiger partial charge is 0.471 e. The van der Waals surface area contributed by atoms with Crippen LogP contribution >= 0.6 is 11.6 Å². The first-order valence-electron chi connectivity index (χ1n) is 10.5. The molecule has 2 saturated carbocycles. The number of halogens is 5. The van der Waals surface area contributed by atoms with Crippen LogP contribution in [-0.4, -0.2) is 49.5 Å². The molecule has 0 radical (unpaired) electrons. The minimum Gasteiger partial charge on any atom is -0.471 e. The Kier molecular flexibility index (Phi) is 4.48. The maximum atomic E-state index is 14.7. The molecule has 2 aromatic heterocycles. The lowest BCUT2D eigenvalue weighted by molar-refractivity contribution is -0.137. The number of pyridine rings is 1. The smallest absolute Gasteiger partial charge is 0.417 e. The van der Waals surface area contributed by atoms with Gasteiger partial charge in [0.25, 0.3) is 5.91 Å². The van der Waals surface area contributed by atoms with Gasteiger partial charge in [-0.2, -0.15) is 23.4 Å². The Balaban J connectivity index is 1.28. The molecule has 6 rings (SSSR count). The molecule has 1 aliphatic heterocycles. The van der Waals surface area contributed by atoms with Crippen molar-refractivity contribution < 1.29 is 27.1 Å². The number of amides is 1. The molecule has 12 heteroatoms.